The molecule has 9 heavy (non-hydrogen) atoms. The highest BCUT2D eigenvalue weighted by Gasteiger charge is 1.86. The molecule has 0 saturated carbocycles. The largest absolute Gasteiger partial charge is 0.494 e. The van der Waals surface area contributed by atoms with E-state index < -0.39 is 5.56 Å². The molecule has 5 heteroatoms. The molecule has 4 nitrogen and oxygen atoms in total. The van der Waals surface area contributed by atoms with Gasteiger partial charge in [0, 0.05) is 0 Å². The lowest BCUT2D eigenvalue weighted by Gasteiger charge is -1.86. The molecule has 3 N–H and O–H groups in total. The van der Waals surface area contributed by atoms with Crippen molar-refractivity contribution >= 4 is 12.2 Å². The van der Waals surface area contributed by atoms with E-state index in [9.17, 15) is 4.79 Å². The molecule has 0 unspecified atom stereocenters. The lowest BCUT2D eigenvalue weighted by atomic mass is 10.7. The standard InChI is InChI=1S/C4H4N2O2S/c7-2-1-3(8)6-4(9)5-2/h1H,(H3,5,6,7,8,9)/i4+2. The quantitative estimate of drug-likeness (QED) is 0.456. The van der Waals surface area contributed by atoms with Crippen molar-refractivity contribution < 1.29 is 5.11 Å². The lowest BCUT2D eigenvalue weighted by molar-refractivity contribution is 0.450. The van der Waals surface area contributed by atoms with Crippen LogP contribution in [0.3, 0.4) is 0 Å². The van der Waals surface area contributed by atoms with Crippen LogP contribution in [0, 0.1) is 4.77 Å². The van der Waals surface area contributed by atoms with Crippen molar-refractivity contribution in [3.63, 3.8) is 0 Å². The number of rotatable bonds is 0. The first-order valence-electron chi connectivity index (χ1n) is 2.21. The van der Waals surface area contributed by atoms with E-state index >= 15 is 0 Å². The Morgan fingerprint density at radius 1 is 1.67 bits per heavy atom. The molecule has 0 atom stereocenters. The first kappa shape index (κ1) is 6.03. The third-order valence-corrected chi connectivity index (χ3v) is 0.950. The normalized spacial score (nSPS) is 9.33. The molecule has 0 radical (unpaired) electrons. The highest BCUT2D eigenvalue weighted by molar-refractivity contribution is 7.71. The molecule has 0 aromatic carbocycles. The average molecular weight is 146 g/mol. The molecule has 0 aliphatic heterocycles. The predicted molar refractivity (Wildman–Crippen MR) is 33.9 cm³/mol. The minimum atomic E-state index is -0.406. The van der Waals surface area contributed by atoms with Crippen LogP contribution in [0.15, 0.2) is 10.9 Å². The Hall–Kier alpha value is -1.10. The summed E-state index contributed by atoms with van der Waals surface area (Å²) in [6, 6.07) is 1.01. The van der Waals surface area contributed by atoms with Crippen molar-refractivity contribution in [1.29, 1.82) is 0 Å². The number of aromatic hydroxyl groups is 1. The molecule has 0 aliphatic carbocycles. The van der Waals surface area contributed by atoms with E-state index in [1.54, 1.807) is 0 Å². The molecular formula is C4H4N2O2S. The van der Waals surface area contributed by atoms with Gasteiger partial charge in [-0.3, -0.25) is 9.78 Å². The van der Waals surface area contributed by atoms with Gasteiger partial charge in [0.1, 0.15) is 0 Å². The van der Waals surface area contributed by atoms with E-state index in [-0.39, 0.29) is 10.7 Å². The Balaban J connectivity index is 3.52. The van der Waals surface area contributed by atoms with Crippen molar-refractivity contribution in [3.05, 3.63) is 21.2 Å². The lowest BCUT2D eigenvalue weighted by Crippen LogP contribution is -2.03. The summed E-state index contributed by atoms with van der Waals surface area (Å²) < 4.78 is 0.125. The van der Waals surface area contributed by atoms with Gasteiger partial charge in [-0.15, -0.1) is 0 Å². The molecule has 0 amide bonds. The highest BCUT2D eigenvalue weighted by Crippen LogP contribution is 1.92. The number of hydrogen-bond acceptors (Lipinski definition) is 3. The first-order valence-corrected chi connectivity index (χ1v) is 2.62. The summed E-state index contributed by atoms with van der Waals surface area (Å²) in [6.07, 6.45) is 0. The zero-order valence-electron chi connectivity index (χ0n) is 4.34. The van der Waals surface area contributed by atoms with Crippen LogP contribution in [-0.2, 0) is 0 Å². The third-order valence-electron chi connectivity index (χ3n) is 0.746. The van der Waals surface area contributed by atoms with Crippen LogP contribution in [-0.4, -0.2) is 15.1 Å². The summed E-state index contributed by atoms with van der Waals surface area (Å²) in [4.78, 5) is 15.0. The van der Waals surface area contributed by atoms with Gasteiger partial charge in [-0.25, -0.2) is 0 Å². The maximum atomic E-state index is 10.4. The second-order valence-electron chi connectivity index (χ2n) is 1.47. The summed E-state index contributed by atoms with van der Waals surface area (Å²) >= 11 is 4.52. The maximum Gasteiger partial charge on any atom is 0.255 e. The van der Waals surface area contributed by atoms with E-state index in [1.165, 1.54) is 0 Å². The minimum Gasteiger partial charge on any atom is -0.494 e. The van der Waals surface area contributed by atoms with Crippen LogP contribution in [0.4, 0.5) is 0 Å². The van der Waals surface area contributed by atoms with Gasteiger partial charge in [-0.05, 0) is 12.2 Å². The van der Waals surface area contributed by atoms with Crippen molar-refractivity contribution in [2.24, 2.45) is 0 Å². The van der Waals surface area contributed by atoms with E-state index in [2.05, 4.69) is 22.2 Å². The van der Waals surface area contributed by atoms with Crippen molar-refractivity contribution in [2.75, 3.05) is 0 Å². The van der Waals surface area contributed by atoms with Crippen molar-refractivity contribution in [2.45, 2.75) is 0 Å². The van der Waals surface area contributed by atoms with E-state index in [0.29, 0.717) is 0 Å². The van der Waals surface area contributed by atoms with Crippen molar-refractivity contribution in [1.82, 2.24) is 9.97 Å². The molecule has 0 fully saturated rings. The molecule has 1 aromatic heterocycles. The van der Waals surface area contributed by atoms with Crippen LogP contribution in [0.2, 0.25) is 0 Å². The Morgan fingerprint density at radius 2 is 2.33 bits per heavy atom. The number of H-pyrrole nitrogens is 2. The van der Waals surface area contributed by atoms with Crippen LogP contribution in [0.25, 0.3) is 0 Å². The van der Waals surface area contributed by atoms with E-state index in [0.717, 1.165) is 6.07 Å². The van der Waals surface area contributed by atoms with Crippen molar-refractivity contribution in [3.8, 4) is 5.88 Å². The SMILES string of the molecule is O=c1cc(O)[nH][14c](=S)[nH]1. The van der Waals surface area contributed by atoms with Crippen LogP contribution in [0.1, 0.15) is 0 Å². The summed E-state index contributed by atoms with van der Waals surface area (Å²) in [5, 5.41) is 8.65. The van der Waals surface area contributed by atoms with Gasteiger partial charge in [0.2, 0.25) is 0 Å². The molecule has 48 valence electrons. The molecule has 0 saturated heterocycles. The average Bonchev–Trinajstić information content (AvgIpc) is 1.59. The first-order chi connectivity index (χ1) is 4.18. The Labute approximate surface area is 55.2 Å². The van der Waals surface area contributed by atoms with E-state index in [4.69, 9.17) is 5.11 Å². The highest BCUT2D eigenvalue weighted by atomic mass is 32.1. The predicted octanol–water partition coefficient (Wildman–Crippen LogP) is 0.138. The van der Waals surface area contributed by atoms with Gasteiger partial charge in [0.25, 0.3) is 5.56 Å². The molecule has 0 bridgehead atoms. The minimum absolute atomic E-state index is 0.125. The number of aromatic nitrogens is 2. The fraction of sp³-hybridized carbons (Fsp3) is 0. The second-order valence-corrected chi connectivity index (χ2v) is 1.88. The Kier molecular flexibility index (Phi) is 1.35. The number of hydrogen-bond donors (Lipinski definition) is 3. The van der Waals surface area contributed by atoms with Crippen LogP contribution in [0.5, 0.6) is 5.88 Å². The molecule has 1 aromatic rings. The topological polar surface area (TPSA) is 68.9 Å². The number of nitrogens with one attached hydrogen (secondary N) is 2. The smallest absolute Gasteiger partial charge is 0.255 e. The van der Waals surface area contributed by atoms with E-state index in [1.807, 2.05) is 0 Å². The monoisotopic (exact) mass is 146 g/mol. The van der Waals surface area contributed by atoms with Gasteiger partial charge >= 0.3 is 0 Å². The number of aromatic amines is 2. The molecular weight excluding hydrogens is 142 g/mol. The fourth-order valence-corrected chi connectivity index (χ4v) is 0.661. The van der Waals surface area contributed by atoms with Gasteiger partial charge < -0.3 is 10.1 Å². The molecule has 1 rings (SSSR count). The zero-order valence-corrected chi connectivity index (χ0v) is 5.16. The van der Waals surface area contributed by atoms with Gasteiger partial charge in [-0.1, -0.05) is 0 Å². The van der Waals surface area contributed by atoms with Gasteiger partial charge in [0.15, 0.2) is 10.7 Å². The summed E-state index contributed by atoms with van der Waals surface area (Å²) in [7, 11) is 0. The molecule has 0 aliphatic rings. The second kappa shape index (κ2) is 2.02. The maximum absolute atomic E-state index is 10.4. The third kappa shape index (κ3) is 1.39. The summed E-state index contributed by atoms with van der Waals surface area (Å²) in [6.45, 7) is 0. The molecule has 0 spiro atoms. The molecule has 1 heterocycles. The van der Waals surface area contributed by atoms with Gasteiger partial charge in [0.05, 0.1) is 6.07 Å². The summed E-state index contributed by atoms with van der Waals surface area (Å²) in [5.74, 6) is -0.219. The Bertz CT molecular complexity index is 285. The summed E-state index contributed by atoms with van der Waals surface area (Å²) in [5.41, 5.74) is -0.406. The fourth-order valence-electron chi connectivity index (χ4n) is 0.456. The zero-order chi connectivity index (χ0) is 6.85. The van der Waals surface area contributed by atoms with Crippen LogP contribution >= 0.6 is 12.2 Å². The van der Waals surface area contributed by atoms with Gasteiger partial charge in [-0.2, -0.15) is 0 Å². The Morgan fingerprint density at radius 3 is 2.78 bits per heavy atom. The van der Waals surface area contributed by atoms with Crippen LogP contribution < -0.4 is 5.56 Å².